The Bertz CT molecular complexity index is 399. The van der Waals surface area contributed by atoms with Crippen LogP contribution >= 0.6 is 0 Å². The highest BCUT2D eigenvalue weighted by Gasteiger charge is 1.98. The fraction of sp³-hybridized carbons (Fsp3) is 0. The van der Waals surface area contributed by atoms with Crippen LogP contribution in [-0.4, -0.2) is 15.2 Å². The van der Waals surface area contributed by atoms with Crippen molar-refractivity contribution in [2.24, 2.45) is 0 Å². The van der Waals surface area contributed by atoms with Crippen LogP contribution in [0.4, 0.5) is 5.69 Å². The van der Waals surface area contributed by atoms with Crippen molar-refractivity contribution >= 4 is 5.69 Å². The summed E-state index contributed by atoms with van der Waals surface area (Å²) >= 11 is 0. The molecule has 0 saturated carbocycles. The molecule has 0 radical (unpaired) electrons. The van der Waals surface area contributed by atoms with Crippen LogP contribution in [0.3, 0.4) is 0 Å². The van der Waals surface area contributed by atoms with E-state index in [1.807, 2.05) is 24.3 Å². The standard InChI is InChI=1S/C9H8N4/c10-8-3-1-2-7(4-8)9-5-11-6-12-13-9/h1-6H,10H2. The van der Waals surface area contributed by atoms with Crippen LogP contribution in [0, 0.1) is 0 Å². The SMILES string of the molecule is Nc1cccc(-c2cncnn2)c1. The highest BCUT2D eigenvalue weighted by Crippen LogP contribution is 2.16. The highest BCUT2D eigenvalue weighted by atomic mass is 15.1. The molecule has 0 amide bonds. The van der Waals surface area contributed by atoms with Gasteiger partial charge in [0, 0.05) is 11.3 Å². The van der Waals surface area contributed by atoms with Gasteiger partial charge >= 0.3 is 0 Å². The van der Waals surface area contributed by atoms with Crippen molar-refractivity contribution in [1.82, 2.24) is 15.2 Å². The molecule has 64 valence electrons. The first-order valence-electron chi connectivity index (χ1n) is 3.85. The largest absolute Gasteiger partial charge is 0.399 e. The van der Waals surface area contributed by atoms with E-state index in [9.17, 15) is 0 Å². The van der Waals surface area contributed by atoms with Crippen LogP contribution in [0.5, 0.6) is 0 Å². The Labute approximate surface area is 75.5 Å². The molecule has 13 heavy (non-hydrogen) atoms. The predicted octanol–water partition coefficient (Wildman–Crippen LogP) is 1.12. The van der Waals surface area contributed by atoms with Crippen molar-refractivity contribution in [3.63, 3.8) is 0 Å². The molecule has 0 saturated heterocycles. The number of hydrogen-bond acceptors (Lipinski definition) is 4. The molecule has 0 aliphatic rings. The zero-order chi connectivity index (χ0) is 9.10. The van der Waals surface area contributed by atoms with Gasteiger partial charge in [0.25, 0.3) is 0 Å². The molecule has 0 aliphatic heterocycles. The van der Waals surface area contributed by atoms with E-state index in [0.29, 0.717) is 5.69 Å². The fourth-order valence-electron chi connectivity index (χ4n) is 1.08. The van der Waals surface area contributed by atoms with Crippen LogP contribution < -0.4 is 5.73 Å². The van der Waals surface area contributed by atoms with Crippen LogP contribution in [0.25, 0.3) is 11.3 Å². The number of hydrogen-bond donors (Lipinski definition) is 1. The molecule has 4 heteroatoms. The Morgan fingerprint density at radius 3 is 2.85 bits per heavy atom. The molecular formula is C9H8N4. The Morgan fingerprint density at radius 1 is 1.23 bits per heavy atom. The monoisotopic (exact) mass is 172 g/mol. The van der Waals surface area contributed by atoms with Gasteiger partial charge in [0.15, 0.2) is 0 Å². The minimum atomic E-state index is 0.711. The summed E-state index contributed by atoms with van der Waals surface area (Å²) in [6.45, 7) is 0. The van der Waals surface area contributed by atoms with Crippen molar-refractivity contribution in [2.75, 3.05) is 5.73 Å². The zero-order valence-corrected chi connectivity index (χ0v) is 6.88. The van der Waals surface area contributed by atoms with Gasteiger partial charge in [-0.25, -0.2) is 4.98 Å². The van der Waals surface area contributed by atoms with Crippen molar-refractivity contribution in [1.29, 1.82) is 0 Å². The third kappa shape index (κ3) is 1.61. The third-order valence-electron chi connectivity index (χ3n) is 1.66. The summed E-state index contributed by atoms with van der Waals surface area (Å²) < 4.78 is 0. The number of rotatable bonds is 1. The maximum Gasteiger partial charge on any atom is 0.138 e. The Kier molecular flexibility index (Phi) is 1.88. The van der Waals surface area contributed by atoms with Gasteiger partial charge in [-0.15, -0.1) is 10.2 Å². The summed E-state index contributed by atoms with van der Waals surface area (Å²) in [4.78, 5) is 3.88. The van der Waals surface area contributed by atoms with Gasteiger partial charge in [-0.05, 0) is 12.1 Å². The fourth-order valence-corrected chi connectivity index (χ4v) is 1.08. The van der Waals surface area contributed by atoms with Crippen molar-refractivity contribution in [2.45, 2.75) is 0 Å². The Morgan fingerprint density at radius 2 is 2.15 bits per heavy atom. The average molecular weight is 172 g/mol. The van der Waals surface area contributed by atoms with Gasteiger partial charge in [-0.2, -0.15) is 0 Å². The minimum Gasteiger partial charge on any atom is -0.399 e. The van der Waals surface area contributed by atoms with Crippen LogP contribution in [0.1, 0.15) is 0 Å². The van der Waals surface area contributed by atoms with E-state index in [-0.39, 0.29) is 0 Å². The van der Waals surface area contributed by atoms with E-state index in [4.69, 9.17) is 5.73 Å². The molecule has 0 atom stereocenters. The van der Waals surface area contributed by atoms with Gasteiger partial charge in [-0.3, -0.25) is 0 Å². The molecule has 0 aliphatic carbocycles. The van der Waals surface area contributed by atoms with E-state index in [2.05, 4.69) is 15.2 Å². The first-order valence-corrected chi connectivity index (χ1v) is 3.85. The normalized spacial score (nSPS) is 9.85. The lowest BCUT2D eigenvalue weighted by molar-refractivity contribution is 0.976. The molecule has 4 nitrogen and oxygen atoms in total. The molecule has 0 unspecified atom stereocenters. The molecule has 1 aromatic carbocycles. The summed E-state index contributed by atoms with van der Waals surface area (Å²) in [6.07, 6.45) is 3.05. The average Bonchev–Trinajstić information content (AvgIpc) is 2.19. The van der Waals surface area contributed by atoms with E-state index < -0.39 is 0 Å². The predicted molar refractivity (Wildman–Crippen MR) is 49.7 cm³/mol. The lowest BCUT2D eigenvalue weighted by Gasteiger charge is -1.98. The van der Waals surface area contributed by atoms with Crippen LogP contribution in [-0.2, 0) is 0 Å². The lowest BCUT2D eigenvalue weighted by Crippen LogP contribution is -1.90. The number of anilines is 1. The van der Waals surface area contributed by atoms with Gasteiger partial charge in [0.05, 0.1) is 6.20 Å². The summed E-state index contributed by atoms with van der Waals surface area (Å²) in [5.41, 5.74) is 8.00. The highest BCUT2D eigenvalue weighted by molar-refractivity contribution is 5.62. The van der Waals surface area contributed by atoms with Gasteiger partial charge in [-0.1, -0.05) is 12.1 Å². The molecule has 1 heterocycles. The molecule has 2 N–H and O–H groups in total. The molecule has 1 aromatic heterocycles. The van der Waals surface area contributed by atoms with Crippen molar-refractivity contribution in [3.8, 4) is 11.3 Å². The summed E-state index contributed by atoms with van der Waals surface area (Å²) in [5, 5.41) is 7.61. The number of nitrogens with zero attached hydrogens (tertiary/aromatic N) is 3. The topological polar surface area (TPSA) is 64.7 Å². The van der Waals surface area contributed by atoms with Crippen LogP contribution in [0.15, 0.2) is 36.8 Å². The zero-order valence-electron chi connectivity index (χ0n) is 6.88. The van der Waals surface area contributed by atoms with E-state index in [0.717, 1.165) is 11.3 Å². The maximum absolute atomic E-state index is 5.63. The quantitative estimate of drug-likeness (QED) is 0.654. The Balaban J connectivity index is 2.48. The molecule has 0 spiro atoms. The van der Waals surface area contributed by atoms with Crippen molar-refractivity contribution in [3.05, 3.63) is 36.8 Å². The van der Waals surface area contributed by atoms with Gasteiger partial charge in [0.1, 0.15) is 12.0 Å². The van der Waals surface area contributed by atoms with E-state index in [1.54, 1.807) is 6.20 Å². The molecule has 0 fully saturated rings. The second-order valence-corrected chi connectivity index (χ2v) is 2.62. The first-order chi connectivity index (χ1) is 6.36. The second kappa shape index (κ2) is 3.18. The molecule has 0 bridgehead atoms. The smallest absolute Gasteiger partial charge is 0.138 e. The molecule has 2 rings (SSSR count). The van der Waals surface area contributed by atoms with E-state index >= 15 is 0 Å². The van der Waals surface area contributed by atoms with Crippen molar-refractivity contribution < 1.29 is 0 Å². The number of benzene rings is 1. The number of aromatic nitrogens is 3. The number of nitrogen functional groups attached to an aromatic ring is 1. The third-order valence-corrected chi connectivity index (χ3v) is 1.66. The summed E-state index contributed by atoms with van der Waals surface area (Å²) in [5.74, 6) is 0. The summed E-state index contributed by atoms with van der Waals surface area (Å²) in [7, 11) is 0. The minimum absolute atomic E-state index is 0.711. The summed E-state index contributed by atoms with van der Waals surface area (Å²) in [6, 6.07) is 7.46. The van der Waals surface area contributed by atoms with E-state index in [1.165, 1.54) is 6.33 Å². The van der Waals surface area contributed by atoms with Gasteiger partial charge < -0.3 is 5.73 Å². The van der Waals surface area contributed by atoms with Crippen LogP contribution in [0.2, 0.25) is 0 Å². The van der Waals surface area contributed by atoms with Gasteiger partial charge in [0.2, 0.25) is 0 Å². The molecular weight excluding hydrogens is 164 g/mol. The number of nitrogens with two attached hydrogens (primary N) is 1. The Hall–Kier alpha value is -1.97. The first kappa shape index (κ1) is 7.67. The second-order valence-electron chi connectivity index (χ2n) is 2.62. The molecule has 2 aromatic rings. The maximum atomic E-state index is 5.63. The lowest BCUT2D eigenvalue weighted by atomic mass is 10.1.